The van der Waals surface area contributed by atoms with E-state index in [1.807, 2.05) is 0 Å². The lowest BCUT2D eigenvalue weighted by Crippen LogP contribution is -2.05. The largest absolute Gasteiger partial charge is 0.496 e. The molecule has 0 unspecified atom stereocenters. The lowest BCUT2D eigenvalue weighted by atomic mass is 10.2. The van der Waals surface area contributed by atoms with E-state index in [2.05, 4.69) is 9.72 Å². The van der Waals surface area contributed by atoms with Crippen LogP contribution in [0.15, 0.2) is 12.3 Å². The molecule has 0 aromatic carbocycles. The van der Waals surface area contributed by atoms with Crippen LogP contribution in [0, 0.1) is 5.95 Å². The van der Waals surface area contributed by atoms with Crippen molar-refractivity contribution in [3.63, 3.8) is 0 Å². The molecule has 0 atom stereocenters. The zero-order valence-electron chi connectivity index (χ0n) is 7.20. The molecule has 70 valence electrons. The van der Waals surface area contributed by atoms with Crippen molar-refractivity contribution in [2.45, 2.75) is 0 Å². The second-order valence-corrected chi connectivity index (χ2v) is 2.20. The maximum Gasteiger partial charge on any atom is 0.343 e. The predicted octanol–water partition coefficient (Wildman–Crippen LogP) is 1.02. The average molecular weight is 185 g/mol. The van der Waals surface area contributed by atoms with Gasteiger partial charge in [-0.25, -0.2) is 9.78 Å². The van der Waals surface area contributed by atoms with Crippen LogP contribution in [0.3, 0.4) is 0 Å². The Morgan fingerprint density at radius 3 is 2.77 bits per heavy atom. The van der Waals surface area contributed by atoms with Crippen molar-refractivity contribution in [3.8, 4) is 5.75 Å². The number of rotatable bonds is 2. The van der Waals surface area contributed by atoms with Gasteiger partial charge in [-0.3, -0.25) is 0 Å². The number of nitrogens with zero attached hydrogens (tertiary/aromatic N) is 1. The molecule has 0 spiro atoms. The number of halogens is 1. The number of methoxy groups -OCH3 is 2. The van der Waals surface area contributed by atoms with Crippen LogP contribution in [0.1, 0.15) is 10.4 Å². The number of pyridine rings is 1. The van der Waals surface area contributed by atoms with E-state index in [0.29, 0.717) is 0 Å². The topological polar surface area (TPSA) is 48.4 Å². The molecular weight excluding hydrogens is 177 g/mol. The van der Waals surface area contributed by atoms with E-state index in [0.717, 1.165) is 12.3 Å². The molecule has 0 aliphatic heterocycles. The van der Waals surface area contributed by atoms with E-state index >= 15 is 0 Å². The van der Waals surface area contributed by atoms with Crippen LogP contribution in [0.2, 0.25) is 0 Å². The Morgan fingerprint density at radius 1 is 1.54 bits per heavy atom. The monoisotopic (exact) mass is 185 g/mol. The number of hydrogen-bond acceptors (Lipinski definition) is 4. The summed E-state index contributed by atoms with van der Waals surface area (Å²) in [7, 11) is 2.56. The fourth-order valence-electron chi connectivity index (χ4n) is 0.845. The summed E-state index contributed by atoms with van der Waals surface area (Å²) in [4.78, 5) is 14.3. The molecule has 0 fully saturated rings. The standard InChI is InChI=1S/C8H8FNO3/c1-12-6-3-7(9)10-4-5(6)8(11)13-2/h3-4H,1-2H3. The molecule has 0 aliphatic rings. The average Bonchev–Trinajstić information content (AvgIpc) is 2.16. The first kappa shape index (κ1) is 9.44. The summed E-state index contributed by atoms with van der Waals surface area (Å²) in [6.07, 6.45) is 1.07. The first-order chi connectivity index (χ1) is 6.19. The molecule has 0 amide bonds. The Balaban J connectivity index is 3.13. The normalized spacial score (nSPS) is 9.46. The molecule has 5 heteroatoms. The van der Waals surface area contributed by atoms with E-state index in [1.165, 1.54) is 14.2 Å². The fraction of sp³-hybridized carbons (Fsp3) is 0.250. The Bertz CT molecular complexity index is 327. The molecule has 0 radical (unpaired) electrons. The fourth-order valence-corrected chi connectivity index (χ4v) is 0.845. The van der Waals surface area contributed by atoms with Gasteiger partial charge in [0.1, 0.15) is 11.3 Å². The Kier molecular flexibility index (Phi) is 2.79. The summed E-state index contributed by atoms with van der Waals surface area (Å²) in [5.74, 6) is -1.20. The van der Waals surface area contributed by atoms with E-state index in [4.69, 9.17) is 4.74 Å². The van der Waals surface area contributed by atoms with Crippen molar-refractivity contribution in [1.82, 2.24) is 4.98 Å². The van der Waals surface area contributed by atoms with E-state index < -0.39 is 11.9 Å². The molecule has 0 saturated carbocycles. The van der Waals surface area contributed by atoms with Gasteiger partial charge in [0.25, 0.3) is 0 Å². The maximum atomic E-state index is 12.6. The number of carbonyl (C=O) groups excluding carboxylic acids is 1. The molecule has 1 aromatic rings. The van der Waals surface area contributed by atoms with Gasteiger partial charge in [-0.2, -0.15) is 4.39 Å². The van der Waals surface area contributed by atoms with Crippen molar-refractivity contribution in [3.05, 3.63) is 23.8 Å². The highest BCUT2D eigenvalue weighted by molar-refractivity contribution is 5.91. The van der Waals surface area contributed by atoms with E-state index in [9.17, 15) is 9.18 Å². The van der Waals surface area contributed by atoms with Gasteiger partial charge >= 0.3 is 5.97 Å². The molecule has 13 heavy (non-hydrogen) atoms. The molecule has 0 aliphatic carbocycles. The predicted molar refractivity (Wildman–Crippen MR) is 42.1 cm³/mol. The first-order valence-corrected chi connectivity index (χ1v) is 3.47. The maximum absolute atomic E-state index is 12.6. The Hall–Kier alpha value is -1.65. The quantitative estimate of drug-likeness (QED) is 0.509. The van der Waals surface area contributed by atoms with Gasteiger partial charge in [0, 0.05) is 12.3 Å². The van der Waals surface area contributed by atoms with Gasteiger partial charge in [-0.1, -0.05) is 0 Å². The second kappa shape index (κ2) is 3.84. The second-order valence-electron chi connectivity index (χ2n) is 2.20. The Morgan fingerprint density at radius 2 is 2.23 bits per heavy atom. The number of hydrogen-bond donors (Lipinski definition) is 0. The summed E-state index contributed by atoms with van der Waals surface area (Å²) < 4.78 is 21.8. The number of esters is 1. The van der Waals surface area contributed by atoms with Crippen molar-refractivity contribution in [2.75, 3.05) is 14.2 Å². The number of carbonyl (C=O) groups is 1. The molecule has 0 bridgehead atoms. The third-order valence-corrected chi connectivity index (χ3v) is 1.46. The van der Waals surface area contributed by atoms with Crippen molar-refractivity contribution in [2.24, 2.45) is 0 Å². The number of ether oxygens (including phenoxy) is 2. The SMILES string of the molecule is COC(=O)c1cnc(F)cc1OC. The summed E-state index contributed by atoms with van der Waals surface area (Å²) in [6.45, 7) is 0. The lowest BCUT2D eigenvalue weighted by molar-refractivity contribution is 0.0596. The van der Waals surface area contributed by atoms with Gasteiger partial charge in [-0.05, 0) is 0 Å². The van der Waals surface area contributed by atoms with Crippen molar-refractivity contribution < 1.29 is 18.7 Å². The molecule has 4 nitrogen and oxygen atoms in total. The molecular formula is C8H8FNO3. The van der Waals surface area contributed by atoms with Crippen LogP contribution in [0.5, 0.6) is 5.75 Å². The molecule has 1 heterocycles. The van der Waals surface area contributed by atoms with Crippen molar-refractivity contribution in [1.29, 1.82) is 0 Å². The zero-order valence-corrected chi connectivity index (χ0v) is 7.20. The third kappa shape index (κ3) is 1.93. The first-order valence-electron chi connectivity index (χ1n) is 3.47. The van der Waals surface area contributed by atoms with Crippen LogP contribution in [-0.4, -0.2) is 25.2 Å². The Labute approximate surface area is 74.3 Å². The van der Waals surface area contributed by atoms with Crippen LogP contribution < -0.4 is 4.74 Å². The minimum atomic E-state index is -0.704. The zero-order chi connectivity index (χ0) is 9.84. The van der Waals surface area contributed by atoms with E-state index in [-0.39, 0.29) is 11.3 Å². The molecule has 1 rings (SSSR count). The summed E-state index contributed by atoms with van der Waals surface area (Å²) >= 11 is 0. The van der Waals surface area contributed by atoms with Crippen molar-refractivity contribution >= 4 is 5.97 Å². The number of aromatic nitrogens is 1. The van der Waals surface area contributed by atoms with Gasteiger partial charge in [-0.15, -0.1) is 0 Å². The molecule has 0 saturated heterocycles. The summed E-state index contributed by atoms with van der Waals surface area (Å²) in [5, 5.41) is 0. The minimum absolute atomic E-state index is 0.103. The van der Waals surface area contributed by atoms with Crippen LogP contribution in [0.4, 0.5) is 4.39 Å². The minimum Gasteiger partial charge on any atom is -0.496 e. The van der Waals surface area contributed by atoms with Crippen LogP contribution in [-0.2, 0) is 4.74 Å². The molecule has 1 aromatic heterocycles. The highest BCUT2D eigenvalue weighted by Gasteiger charge is 2.13. The highest BCUT2D eigenvalue weighted by Crippen LogP contribution is 2.18. The van der Waals surface area contributed by atoms with E-state index in [1.54, 1.807) is 0 Å². The van der Waals surface area contributed by atoms with Gasteiger partial charge in [0.2, 0.25) is 5.95 Å². The van der Waals surface area contributed by atoms with Crippen LogP contribution in [0.25, 0.3) is 0 Å². The van der Waals surface area contributed by atoms with Crippen LogP contribution >= 0.6 is 0 Å². The van der Waals surface area contributed by atoms with Gasteiger partial charge in [0.05, 0.1) is 14.2 Å². The van der Waals surface area contributed by atoms with Gasteiger partial charge < -0.3 is 9.47 Å². The van der Waals surface area contributed by atoms with Gasteiger partial charge in [0.15, 0.2) is 0 Å². The summed E-state index contributed by atoms with van der Waals surface area (Å²) in [5.41, 5.74) is 0.103. The smallest absolute Gasteiger partial charge is 0.343 e. The third-order valence-electron chi connectivity index (χ3n) is 1.46. The highest BCUT2D eigenvalue weighted by atomic mass is 19.1. The summed E-state index contributed by atoms with van der Waals surface area (Å²) in [6, 6.07) is 1.02. The lowest BCUT2D eigenvalue weighted by Gasteiger charge is -2.04. The molecule has 0 N–H and O–H groups in total.